The van der Waals surface area contributed by atoms with Gasteiger partial charge in [0.15, 0.2) is 10.8 Å². The predicted octanol–water partition coefficient (Wildman–Crippen LogP) is -2.07. The van der Waals surface area contributed by atoms with E-state index in [1.807, 2.05) is 0 Å². The number of nitrogen functional groups attached to an aromatic ring is 1. The maximum atomic E-state index is 13.1. The van der Waals surface area contributed by atoms with Crippen LogP contribution in [-0.2, 0) is 19.2 Å². The lowest BCUT2D eigenvalue weighted by Gasteiger charge is -2.55. The van der Waals surface area contributed by atoms with Gasteiger partial charge in [0.05, 0.1) is 0 Å². The molecule has 2 aliphatic rings. The van der Waals surface area contributed by atoms with Crippen molar-refractivity contribution in [1.82, 2.24) is 35.8 Å². The van der Waals surface area contributed by atoms with Crippen LogP contribution in [0.4, 0.5) is 5.13 Å². The highest BCUT2D eigenvalue weighted by Crippen LogP contribution is 2.48. The maximum Gasteiger partial charge on any atom is 0.313 e. The molecule has 2 amide bonds. The number of nitrogens with zero attached hydrogens (tertiary/aromatic N) is 6. The zero-order valence-corrected chi connectivity index (χ0v) is 21.6. The van der Waals surface area contributed by atoms with Gasteiger partial charge in [0.25, 0.3) is 5.91 Å². The maximum absolute atomic E-state index is 13.1. The van der Waals surface area contributed by atoms with Crippen LogP contribution in [0.2, 0.25) is 0 Å². The number of H-pyrrole nitrogens is 1. The number of aromatic amines is 1. The Morgan fingerprint density at radius 1 is 1.49 bits per heavy atom. The highest BCUT2D eigenvalue weighted by molar-refractivity contribution is 8.01. The summed E-state index contributed by atoms with van der Waals surface area (Å²) < 4.78 is 0. The van der Waals surface area contributed by atoms with Gasteiger partial charge in [-0.05, 0) is 11.6 Å². The second kappa shape index (κ2) is 11.6. The van der Waals surface area contributed by atoms with Gasteiger partial charge in [-0.2, -0.15) is 5.21 Å². The number of aliphatic hydroxyl groups is 1. The Labute approximate surface area is 221 Å². The number of thioether (sulfide) groups is 2. The van der Waals surface area contributed by atoms with E-state index in [2.05, 4.69) is 36.1 Å². The lowest BCUT2D eigenvalue weighted by Crippen LogP contribution is -2.75. The molecule has 2 aromatic rings. The summed E-state index contributed by atoms with van der Waals surface area (Å²) in [6, 6.07) is -0.902. The van der Waals surface area contributed by atoms with Gasteiger partial charge in [-0.3, -0.25) is 14.4 Å². The summed E-state index contributed by atoms with van der Waals surface area (Å²) in [7, 11) is 0. The van der Waals surface area contributed by atoms with Crippen molar-refractivity contribution in [3.05, 3.63) is 11.1 Å². The van der Waals surface area contributed by atoms with Crippen LogP contribution < -0.4 is 16.8 Å². The summed E-state index contributed by atoms with van der Waals surface area (Å²) in [5.74, 6) is -2.12. The van der Waals surface area contributed by atoms with E-state index in [-0.39, 0.29) is 60.2 Å². The van der Waals surface area contributed by atoms with Crippen LogP contribution in [0, 0.1) is 5.41 Å². The lowest BCUT2D eigenvalue weighted by atomic mass is 9.82. The predicted molar refractivity (Wildman–Crippen MR) is 134 cm³/mol. The van der Waals surface area contributed by atoms with E-state index in [1.54, 1.807) is 0 Å². The van der Waals surface area contributed by atoms with Crippen molar-refractivity contribution in [1.29, 1.82) is 0 Å². The number of anilines is 1. The minimum absolute atomic E-state index is 0.0686. The van der Waals surface area contributed by atoms with Gasteiger partial charge >= 0.3 is 5.97 Å². The highest BCUT2D eigenvalue weighted by atomic mass is 32.2. The number of fused-ring (bicyclic) bond motifs is 1. The monoisotopic (exact) mass is 572 g/mol. The van der Waals surface area contributed by atoms with Crippen LogP contribution in [0.1, 0.15) is 12.1 Å². The summed E-state index contributed by atoms with van der Waals surface area (Å²) >= 11 is 3.42. The first-order valence-electron chi connectivity index (χ1n) is 10.9. The molecule has 0 spiro atoms. The van der Waals surface area contributed by atoms with Crippen LogP contribution >= 0.6 is 34.9 Å². The molecule has 0 bridgehead atoms. The van der Waals surface area contributed by atoms with Crippen molar-refractivity contribution in [2.45, 2.75) is 28.2 Å². The average molecular weight is 573 g/mol. The first-order valence-corrected chi connectivity index (χ1v) is 13.7. The summed E-state index contributed by atoms with van der Waals surface area (Å²) in [5, 5.41) is 40.7. The number of carboxylic acid groups (broad SMARTS) is 1. The standard InChI is InChI=1S/C18H24N10O6S3/c19-2-4-34-25-10(8-5-35-16(20)21-8)12(30)22-11-13(31)28-6-18(15(32)33,7-36-14(11)28)9(1-3-29)37-17-23-26-27-24-17/h5,9,11,14,29H,1-4,6-7,19H2,(H2,20,21)(H,22,30)(H,32,33)(H,23,24,26,27)/t9?,11?,14-,18?/m1/s1. The third-order valence-corrected chi connectivity index (χ3v) is 9.32. The first kappa shape index (κ1) is 27.0. The molecule has 2 aromatic heterocycles. The number of nitrogens with one attached hydrogen (secondary N) is 2. The number of carbonyl (C=O) groups excluding carboxylic acids is 2. The van der Waals surface area contributed by atoms with Crippen LogP contribution in [0.25, 0.3) is 0 Å². The molecule has 2 saturated heterocycles. The molecular weight excluding hydrogens is 548 g/mol. The van der Waals surface area contributed by atoms with Gasteiger partial charge in [0.2, 0.25) is 11.1 Å². The van der Waals surface area contributed by atoms with Crippen LogP contribution in [0.5, 0.6) is 0 Å². The SMILES string of the molecule is NCCON=C(C(=O)NC1C(=O)N2CC(C(=O)O)(C(CCO)Sc3nn[nH]n3)CS[C@H]12)c1csc(N)n1. The van der Waals surface area contributed by atoms with Gasteiger partial charge in [-0.1, -0.05) is 16.9 Å². The molecule has 0 saturated carbocycles. The van der Waals surface area contributed by atoms with Crippen molar-refractivity contribution >= 4 is 63.5 Å². The van der Waals surface area contributed by atoms with Gasteiger partial charge in [-0.15, -0.1) is 33.3 Å². The van der Waals surface area contributed by atoms with Crippen LogP contribution in [0.3, 0.4) is 0 Å². The quantitative estimate of drug-likeness (QED) is 0.0526. The Bertz CT molecular complexity index is 1160. The molecule has 19 heteroatoms. The van der Waals surface area contributed by atoms with Crippen molar-refractivity contribution in [2.75, 3.05) is 37.8 Å². The number of aliphatic hydroxyl groups excluding tert-OH is 1. The van der Waals surface area contributed by atoms with E-state index in [0.717, 1.165) is 23.1 Å². The number of nitrogens with two attached hydrogens (primary N) is 2. The molecule has 200 valence electrons. The molecule has 4 rings (SSSR count). The molecule has 4 heterocycles. The van der Waals surface area contributed by atoms with Crippen molar-refractivity contribution in [3.8, 4) is 0 Å². The first-order chi connectivity index (χ1) is 17.8. The Hall–Kier alpha value is -3.00. The smallest absolute Gasteiger partial charge is 0.313 e. The number of tetrazole rings is 1. The van der Waals surface area contributed by atoms with Gasteiger partial charge in [0.1, 0.15) is 29.1 Å². The number of aliphatic carboxylic acids is 1. The van der Waals surface area contributed by atoms with E-state index in [0.29, 0.717) is 0 Å². The van der Waals surface area contributed by atoms with E-state index >= 15 is 0 Å². The number of β-lactam (4-membered cyclic amide) rings is 1. The molecule has 0 aliphatic carbocycles. The van der Waals surface area contributed by atoms with E-state index in [1.165, 1.54) is 22.0 Å². The number of thiazole rings is 1. The fraction of sp³-hybridized carbons (Fsp3) is 0.556. The lowest BCUT2D eigenvalue weighted by molar-refractivity contribution is -0.158. The van der Waals surface area contributed by atoms with Gasteiger partial charge in [0, 0.05) is 36.1 Å². The molecule has 37 heavy (non-hydrogen) atoms. The summed E-state index contributed by atoms with van der Waals surface area (Å²) in [6.07, 6.45) is 0.137. The fourth-order valence-corrected chi connectivity index (χ4v) is 7.34. The number of aromatic nitrogens is 5. The summed E-state index contributed by atoms with van der Waals surface area (Å²) in [6.45, 7) is -0.121. The van der Waals surface area contributed by atoms with E-state index < -0.39 is 39.9 Å². The van der Waals surface area contributed by atoms with E-state index in [9.17, 15) is 24.6 Å². The molecule has 3 unspecified atom stereocenters. The van der Waals surface area contributed by atoms with Gasteiger partial charge < -0.3 is 36.7 Å². The minimum atomic E-state index is -1.39. The van der Waals surface area contributed by atoms with Crippen molar-refractivity contribution < 1.29 is 29.4 Å². The molecular formula is C18H24N10O6S3. The average Bonchev–Trinajstić information content (AvgIpc) is 3.56. The molecule has 2 fully saturated rings. The van der Waals surface area contributed by atoms with Crippen molar-refractivity contribution in [2.24, 2.45) is 16.3 Å². The number of hydrogen-bond donors (Lipinski definition) is 6. The Morgan fingerprint density at radius 3 is 2.92 bits per heavy atom. The Kier molecular flexibility index (Phi) is 8.47. The third-order valence-electron chi connectivity index (χ3n) is 5.74. The molecule has 0 radical (unpaired) electrons. The fourth-order valence-electron chi connectivity index (χ4n) is 3.92. The molecule has 0 aromatic carbocycles. The number of carboxylic acids is 1. The van der Waals surface area contributed by atoms with Gasteiger partial charge in [-0.25, -0.2) is 4.98 Å². The number of carbonyl (C=O) groups is 3. The number of oxime groups is 1. The second-order valence-corrected chi connectivity index (χ2v) is 11.2. The normalized spacial score (nSPS) is 24.2. The second-order valence-electron chi connectivity index (χ2n) is 8.03. The highest BCUT2D eigenvalue weighted by Gasteiger charge is 2.60. The summed E-state index contributed by atoms with van der Waals surface area (Å²) in [4.78, 5) is 49.1. The van der Waals surface area contributed by atoms with Crippen molar-refractivity contribution in [3.63, 3.8) is 0 Å². The Morgan fingerprint density at radius 2 is 2.30 bits per heavy atom. The summed E-state index contributed by atoms with van der Waals surface area (Å²) in [5.41, 5.74) is 9.72. The van der Waals surface area contributed by atoms with Crippen LogP contribution in [-0.4, -0.2) is 113 Å². The number of hydrogen-bond acceptors (Lipinski definition) is 15. The third kappa shape index (κ3) is 5.49. The molecule has 2 aliphatic heterocycles. The minimum Gasteiger partial charge on any atom is -0.481 e. The number of rotatable bonds is 12. The zero-order valence-electron chi connectivity index (χ0n) is 19.1. The molecule has 8 N–H and O–H groups in total. The number of amides is 2. The largest absolute Gasteiger partial charge is 0.481 e. The topological polar surface area (TPSA) is 248 Å². The Balaban J connectivity index is 1.48. The molecule has 4 atom stereocenters. The van der Waals surface area contributed by atoms with Crippen LogP contribution in [0.15, 0.2) is 15.7 Å². The van der Waals surface area contributed by atoms with E-state index in [4.69, 9.17) is 16.3 Å². The molecule has 16 nitrogen and oxygen atoms in total. The zero-order chi connectivity index (χ0) is 26.6.